The quantitative estimate of drug-likeness (QED) is 0.785. The minimum atomic E-state index is -3.70. The largest absolute Gasteiger partial charge is 0.336 e. The number of carbonyl (C=O) groups excluding carboxylic acids is 1. The number of rotatable bonds is 3. The number of halogens is 2. The molecule has 0 aliphatic carbocycles. The first-order valence-corrected chi connectivity index (χ1v) is 10.4. The molecule has 0 radical (unpaired) electrons. The van der Waals surface area contributed by atoms with Crippen LogP contribution in [0.2, 0.25) is 0 Å². The minimum Gasteiger partial charge on any atom is -0.336 e. The molecular weight excluding hydrogens is 386 g/mol. The Bertz CT molecular complexity index is 1010. The predicted molar refractivity (Wildman–Crippen MR) is 102 cm³/mol. The molecule has 1 amide bonds. The maximum atomic E-state index is 13.9. The fourth-order valence-corrected chi connectivity index (χ4v) is 5.50. The van der Waals surface area contributed by atoms with Crippen LogP contribution in [0, 0.1) is 32.4 Å². The minimum absolute atomic E-state index is 0.115. The lowest BCUT2D eigenvalue weighted by Gasteiger charge is -2.34. The summed E-state index contributed by atoms with van der Waals surface area (Å²) < 4.78 is 54.5. The number of hydrogen-bond donors (Lipinski definition) is 0. The summed E-state index contributed by atoms with van der Waals surface area (Å²) >= 11 is 0. The van der Waals surface area contributed by atoms with Crippen LogP contribution in [0.1, 0.15) is 27.0 Å². The predicted octanol–water partition coefficient (Wildman–Crippen LogP) is 3.04. The molecule has 0 unspecified atom stereocenters. The summed E-state index contributed by atoms with van der Waals surface area (Å²) in [4.78, 5) is 14.2. The third kappa shape index (κ3) is 3.79. The first kappa shape index (κ1) is 20.4. The van der Waals surface area contributed by atoms with Crippen LogP contribution in [0.4, 0.5) is 8.78 Å². The van der Waals surface area contributed by atoms with E-state index in [1.165, 1.54) is 9.21 Å². The van der Waals surface area contributed by atoms with Crippen LogP contribution in [0.25, 0.3) is 0 Å². The summed E-state index contributed by atoms with van der Waals surface area (Å²) in [6, 6.07) is 6.46. The monoisotopic (exact) mass is 408 g/mol. The SMILES string of the molecule is Cc1cc(C)c(S(=O)(=O)N2CCN(C(=O)c3ccc(F)cc3F)CC2)c(C)c1. The van der Waals surface area contributed by atoms with Crippen LogP contribution in [-0.4, -0.2) is 49.7 Å². The molecule has 2 aromatic carbocycles. The van der Waals surface area contributed by atoms with Gasteiger partial charge in [0.25, 0.3) is 5.91 Å². The van der Waals surface area contributed by atoms with Crippen molar-refractivity contribution in [2.24, 2.45) is 0 Å². The van der Waals surface area contributed by atoms with E-state index in [4.69, 9.17) is 0 Å². The van der Waals surface area contributed by atoms with Crippen molar-refractivity contribution in [1.29, 1.82) is 0 Å². The van der Waals surface area contributed by atoms with E-state index in [0.29, 0.717) is 22.1 Å². The molecule has 3 rings (SSSR count). The van der Waals surface area contributed by atoms with Gasteiger partial charge in [0.05, 0.1) is 10.5 Å². The summed E-state index contributed by atoms with van der Waals surface area (Å²) in [7, 11) is -3.70. The van der Waals surface area contributed by atoms with Crippen LogP contribution in [0.3, 0.4) is 0 Å². The second-order valence-electron chi connectivity index (χ2n) is 7.05. The summed E-state index contributed by atoms with van der Waals surface area (Å²) in [5, 5.41) is 0. The van der Waals surface area contributed by atoms with E-state index in [1.54, 1.807) is 13.8 Å². The molecule has 0 saturated carbocycles. The first-order chi connectivity index (χ1) is 13.1. The van der Waals surface area contributed by atoms with E-state index < -0.39 is 27.6 Å². The number of nitrogens with zero attached hydrogens (tertiary/aromatic N) is 2. The van der Waals surface area contributed by atoms with E-state index in [9.17, 15) is 22.0 Å². The van der Waals surface area contributed by atoms with Gasteiger partial charge in [-0.2, -0.15) is 4.31 Å². The van der Waals surface area contributed by atoms with E-state index in [0.717, 1.165) is 17.7 Å². The van der Waals surface area contributed by atoms with Gasteiger partial charge in [0.1, 0.15) is 11.6 Å². The fourth-order valence-electron chi connectivity index (χ4n) is 3.67. The van der Waals surface area contributed by atoms with Crippen molar-refractivity contribution in [1.82, 2.24) is 9.21 Å². The molecule has 1 heterocycles. The fraction of sp³-hybridized carbons (Fsp3) is 0.350. The van der Waals surface area contributed by atoms with Crippen LogP contribution in [0.5, 0.6) is 0 Å². The highest BCUT2D eigenvalue weighted by Crippen LogP contribution is 2.26. The first-order valence-electron chi connectivity index (χ1n) is 8.93. The second kappa shape index (κ2) is 7.60. The summed E-state index contributed by atoms with van der Waals surface area (Å²) in [5.41, 5.74) is 2.14. The highest BCUT2D eigenvalue weighted by atomic mass is 32.2. The van der Waals surface area contributed by atoms with Gasteiger partial charge >= 0.3 is 0 Å². The molecule has 1 saturated heterocycles. The van der Waals surface area contributed by atoms with E-state index in [1.807, 2.05) is 19.1 Å². The van der Waals surface area contributed by atoms with E-state index >= 15 is 0 Å². The van der Waals surface area contributed by atoms with Crippen LogP contribution in [0.15, 0.2) is 35.2 Å². The molecule has 0 bridgehead atoms. The van der Waals surface area contributed by atoms with E-state index in [2.05, 4.69) is 0 Å². The molecule has 150 valence electrons. The van der Waals surface area contributed by atoms with Gasteiger partial charge in [-0.05, 0) is 44.0 Å². The normalized spacial score (nSPS) is 15.7. The van der Waals surface area contributed by atoms with E-state index in [-0.39, 0.29) is 31.7 Å². The van der Waals surface area contributed by atoms with Gasteiger partial charge in [0.15, 0.2) is 0 Å². The van der Waals surface area contributed by atoms with Gasteiger partial charge in [-0.15, -0.1) is 0 Å². The van der Waals surface area contributed by atoms with Gasteiger partial charge in [-0.25, -0.2) is 17.2 Å². The molecule has 1 aliphatic heterocycles. The van der Waals surface area contributed by atoms with Gasteiger partial charge in [0, 0.05) is 32.2 Å². The van der Waals surface area contributed by atoms with Crippen molar-refractivity contribution >= 4 is 15.9 Å². The molecule has 1 aliphatic rings. The third-order valence-electron chi connectivity index (χ3n) is 4.89. The van der Waals surface area contributed by atoms with Crippen LogP contribution < -0.4 is 0 Å². The number of piperazine rings is 1. The topological polar surface area (TPSA) is 57.7 Å². The smallest absolute Gasteiger partial charge is 0.256 e. The molecule has 0 atom stereocenters. The maximum absolute atomic E-state index is 13.9. The Morgan fingerprint density at radius 1 is 0.929 bits per heavy atom. The summed E-state index contributed by atoms with van der Waals surface area (Å²) in [5.74, 6) is -2.25. The number of hydrogen-bond acceptors (Lipinski definition) is 3. The number of aryl methyl sites for hydroxylation is 3. The second-order valence-corrected chi connectivity index (χ2v) is 8.92. The summed E-state index contributed by atoms with van der Waals surface area (Å²) in [6.07, 6.45) is 0. The Labute approximate surface area is 163 Å². The highest BCUT2D eigenvalue weighted by Gasteiger charge is 2.32. The van der Waals surface area contributed by atoms with Crippen LogP contribution >= 0.6 is 0 Å². The lowest BCUT2D eigenvalue weighted by Crippen LogP contribution is -2.50. The van der Waals surface area contributed by atoms with Crippen molar-refractivity contribution in [3.8, 4) is 0 Å². The molecular formula is C20H22F2N2O3S. The average molecular weight is 408 g/mol. The molecule has 5 nitrogen and oxygen atoms in total. The average Bonchev–Trinajstić information content (AvgIpc) is 2.60. The zero-order valence-corrected chi connectivity index (χ0v) is 16.8. The zero-order chi connectivity index (χ0) is 20.6. The standard InChI is InChI=1S/C20H22F2N2O3S/c1-13-10-14(2)19(15(3)11-13)28(26,27)24-8-6-23(7-9-24)20(25)17-5-4-16(21)12-18(17)22/h4-5,10-12H,6-9H2,1-3H3. The number of amides is 1. The molecule has 1 fully saturated rings. The molecule has 28 heavy (non-hydrogen) atoms. The summed E-state index contributed by atoms with van der Waals surface area (Å²) in [6.45, 7) is 5.95. The van der Waals surface area contributed by atoms with Crippen molar-refractivity contribution in [3.63, 3.8) is 0 Å². The lowest BCUT2D eigenvalue weighted by atomic mass is 10.1. The Hall–Kier alpha value is -2.32. The Morgan fingerprint density at radius 3 is 2.04 bits per heavy atom. The molecule has 8 heteroatoms. The van der Waals surface area contributed by atoms with Crippen molar-refractivity contribution in [2.45, 2.75) is 25.7 Å². The Kier molecular flexibility index (Phi) is 5.54. The molecule has 0 spiro atoms. The van der Waals surface area contributed by atoms with Crippen molar-refractivity contribution in [3.05, 3.63) is 64.2 Å². The van der Waals surface area contributed by atoms with Crippen molar-refractivity contribution < 1.29 is 22.0 Å². The molecule has 0 N–H and O–H groups in total. The number of carbonyl (C=O) groups is 1. The molecule has 2 aromatic rings. The van der Waals surface area contributed by atoms with Gasteiger partial charge < -0.3 is 4.90 Å². The van der Waals surface area contributed by atoms with Crippen molar-refractivity contribution in [2.75, 3.05) is 26.2 Å². The Balaban J connectivity index is 1.77. The van der Waals surface area contributed by atoms with Gasteiger partial charge in [-0.3, -0.25) is 4.79 Å². The highest BCUT2D eigenvalue weighted by molar-refractivity contribution is 7.89. The number of benzene rings is 2. The lowest BCUT2D eigenvalue weighted by molar-refractivity contribution is 0.0693. The number of sulfonamides is 1. The van der Waals surface area contributed by atoms with Gasteiger partial charge in [-0.1, -0.05) is 17.7 Å². The molecule has 0 aromatic heterocycles. The van der Waals surface area contributed by atoms with Gasteiger partial charge in [0.2, 0.25) is 10.0 Å². The Morgan fingerprint density at radius 2 is 1.50 bits per heavy atom. The third-order valence-corrected chi connectivity index (χ3v) is 7.09. The van der Waals surface area contributed by atoms with Crippen LogP contribution in [-0.2, 0) is 10.0 Å². The maximum Gasteiger partial charge on any atom is 0.256 e. The zero-order valence-electron chi connectivity index (χ0n) is 16.0.